The Morgan fingerprint density at radius 3 is 1.85 bits per heavy atom. The van der Waals surface area contributed by atoms with E-state index in [1.807, 2.05) is 11.3 Å². The average molecular weight is 604 g/mol. The maximum absolute atomic E-state index is 2.35. The largest absolute Gasteiger partial charge is 0.310 e. The van der Waals surface area contributed by atoms with Gasteiger partial charge in [-0.2, -0.15) is 0 Å². The van der Waals surface area contributed by atoms with Gasteiger partial charge in [0.2, 0.25) is 0 Å². The fourth-order valence-corrected chi connectivity index (χ4v) is 7.95. The first-order valence-corrected chi connectivity index (χ1v) is 16.5. The molecule has 0 aliphatic carbocycles. The van der Waals surface area contributed by atoms with Crippen LogP contribution < -0.4 is 4.90 Å². The van der Waals surface area contributed by atoms with E-state index in [9.17, 15) is 0 Å². The summed E-state index contributed by atoms with van der Waals surface area (Å²) in [7, 11) is 0. The number of anilines is 3. The van der Waals surface area contributed by atoms with Gasteiger partial charge in [0, 0.05) is 37.2 Å². The van der Waals surface area contributed by atoms with E-state index in [0.29, 0.717) is 0 Å². The van der Waals surface area contributed by atoms with Crippen molar-refractivity contribution in [1.29, 1.82) is 0 Å². The molecule has 46 heavy (non-hydrogen) atoms. The van der Waals surface area contributed by atoms with Crippen LogP contribution in [0.25, 0.3) is 64.0 Å². The van der Waals surface area contributed by atoms with Crippen molar-refractivity contribution in [2.75, 3.05) is 4.90 Å². The highest BCUT2D eigenvalue weighted by Gasteiger charge is 2.15. The Balaban J connectivity index is 1.13. The van der Waals surface area contributed by atoms with Crippen molar-refractivity contribution in [3.63, 3.8) is 0 Å². The molecule has 9 aromatic rings. The molecule has 0 amide bonds. The van der Waals surface area contributed by atoms with Gasteiger partial charge in [-0.05, 0) is 98.4 Å². The van der Waals surface area contributed by atoms with Gasteiger partial charge in [-0.25, -0.2) is 0 Å². The van der Waals surface area contributed by atoms with Crippen LogP contribution in [0.15, 0.2) is 176 Å². The van der Waals surface area contributed by atoms with Crippen LogP contribution >= 0.6 is 11.3 Å². The third-order valence-corrected chi connectivity index (χ3v) is 10.2. The molecule has 216 valence electrons. The minimum atomic E-state index is 1.13. The summed E-state index contributed by atoms with van der Waals surface area (Å²) in [6.45, 7) is 0. The minimum absolute atomic E-state index is 1.13. The Morgan fingerprint density at radius 2 is 1.00 bits per heavy atom. The maximum Gasteiger partial charge on any atom is 0.0468 e. The molecule has 0 N–H and O–H groups in total. The quantitative estimate of drug-likeness (QED) is 0.189. The zero-order valence-electron chi connectivity index (χ0n) is 25.1. The molecule has 0 saturated carbocycles. The Hall–Kier alpha value is -5.70. The molecule has 0 aliphatic rings. The zero-order valence-corrected chi connectivity index (χ0v) is 25.9. The van der Waals surface area contributed by atoms with Gasteiger partial charge < -0.3 is 4.90 Å². The van der Waals surface area contributed by atoms with Crippen LogP contribution in [0.3, 0.4) is 0 Å². The van der Waals surface area contributed by atoms with Crippen molar-refractivity contribution in [2.24, 2.45) is 0 Å². The number of hydrogen-bond acceptors (Lipinski definition) is 2. The molecule has 0 aliphatic heterocycles. The second-order valence-electron chi connectivity index (χ2n) is 11.8. The minimum Gasteiger partial charge on any atom is -0.310 e. The average Bonchev–Trinajstić information content (AvgIpc) is 3.52. The number of thiophene rings is 1. The fourth-order valence-electron chi connectivity index (χ4n) is 6.83. The van der Waals surface area contributed by atoms with Crippen LogP contribution in [-0.4, -0.2) is 0 Å². The number of nitrogens with zero attached hydrogens (tertiary/aromatic N) is 1. The molecule has 9 rings (SSSR count). The number of benzene rings is 8. The second-order valence-corrected chi connectivity index (χ2v) is 12.9. The van der Waals surface area contributed by atoms with Gasteiger partial charge >= 0.3 is 0 Å². The topological polar surface area (TPSA) is 3.24 Å². The van der Waals surface area contributed by atoms with Crippen LogP contribution in [0.4, 0.5) is 17.1 Å². The van der Waals surface area contributed by atoms with E-state index in [1.54, 1.807) is 0 Å². The van der Waals surface area contributed by atoms with E-state index in [1.165, 1.54) is 64.0 Å². The summed E-state index contributed by atoms with van der Waals surface area (Å²) in [6.07, 6.45) is 0. The summed E-state index contributed by atoms with van der Waals surface area (Å²) in [5.74, 6) is 0. The Labute approximate surface area is 272 Å². The summed E-state index contributed by atoms with van der Waals surface area (Å²) >= 11 is 1.87. The van der Waals surface area contributed by atoms with E-state index in [0.717, 1.165) is 17.1 Å². The van der Waals surface area contributed by atoms with Crippen LogP contribution in [0.1, 0.15) is 0 Å². The normalized spacial score (nSPS) is 11.5. The first-order valence-electron chi connectivity index (χ1n) is 15.7. The monoisotopic (exact) mass is 603 g/mol. The van der Waals surface area contributed by atoms with Crippen LogP contribution in [0.5, 0.6) is 0 Å². The summed E-state index contributed by atoms with van der Waals surface area (Å²) in [4.78, 5) is 2.35. The van der Waals surface area contributed by atoms with Crippen molar-refractivity contribution < 1.29 is 0 Å². The molecule has 8 aromatic carbocycles. The lowest BCUT2D eigenvalue weighted by Gasteiger charge is -2.26. The SMILES string of the molecule is c1ccc(-c2ccc3cc(N(c4ccccc4)c4ccc(-c5cccc6c5ccc5sc7ccccc7c56)cc4)ccc3c2)cc1. The molecule has 0 fully saturated rings. The molecular formula is C44H29NS. The van der Waals surface area contributed by atoms with Crippen molar-refractivity contribution in [1.82, 2.24) is 0 Å². The van der Waals surface area contributed by atoms with Crippen LogP contribution in [0.2, 0.25) is 0 Å². The Kier molecular flexibility index (Phi) is 6.40. The van der Waals surface area contributed by atoms with E-state index >= 15 is 0 Å². The Bertz CT molecular complexity index is 2510. The first kappa shape index (κ1) is 26.7. The van der Waals surface area contributed by atoms with Crippen LogP contribution in [-0.2, 0) is 0 Å². The van der Waals surface area contributed by atoms with Gasteiger partial charge in [0.1, 0.15) is 0 Å². The molecular weight excluding hydrogens is 575 g/mol. The van der Waals surface area contributed by atoms with Gasteiger partial charge in [0.25, 0.3) is 0 Å². The lowest BCUT2D eigenvalue weighted by Crippen LogP contribution is -2.09. The summed E-state index contributed by atoms with van der Waals surface area (Å²) in [5, 5.41) is 7.75. The molecule has 1 heterocycles. The number of para-hydroxylation sites is 1. The standard InChI is InChI=1S/C44H29NS/c1-3-10-30(11-4-1)32-18-19-34-29-37(25-22-33(34)28-32)45(35-12-5-2-6-13-35)36-23-20-31(21-24-36)38-15-9-16-40-39(38)26-27-43-44(40)41-14-7-8-17-42(41)46-43/h1-29H. The third-order valence-electron chi connectivity index (χ3n) is 9.04. The van der Waals surface area contributed by atoms with E-state index in [2.05, 4.69) is 181 Å². The predicted molar refractivity (Wildman–Crippen MR) is 200 cm³/mol. The van der Waals surface area contributed by atoms with Gasteiger partial charge in [0.15, 0.2) is 0 Å². The van der Waals surface area contributed by atoms with Gasteiger partial charge in [-0.1, -0.05) is 121 Å². The molecule has 0 atom stereocenters. The Morgan fingerprint density at radius 1 is 0.348 bits per heavy atom. The third kappa shape index (κ3) is 4.54. The predicted octanol–water partition coefficient (Wildman–Crippen LogP) is 13.2. The van der Waals surface area contributed by atoms with Crippen molar-refractivity contribution >= 4 is 70.1 Å². The number of hydrogen-bond donors (Lipinski definition) is 0. The highest BCUT2D eigenvalue weighted by atomic mass is 32.1. The molecule has 1 aromatic heterocycles. The summed E-state index contributed by atoms with van der Waals surface area (Å²) in [5.41, 5.74) is 8.34. The molecule has 2 heteroatoms. The zero-order chi connectivity index (χ0) is 30.5. The lowest BCUT2D eigenvalue weighted by molar-refractivity contribution is 1.29. The van der Waals surface area contributed by atoms with Gasteiger partial charge in [-0.15, -0.1) is 11.3 Å². The van der Waals surface area contributed by atoms with Crippen molar-refractivity contribution in [3.05, 3.63) is 176 Å². The highest BCUT2D eigenvalue weighted by Crippen LogP contribution is 2.42. The highest BCUT2D eigenvalue weighted by molar-refractivity contribution is 7.26. The molecule has 0 radical (unpaired) electrons. The van der Waals surface area contributed by atoms with E-state index < -0.39 is 0 Å². The molecule has 0 bridgehead atoms. The lowest BCUT2D eigenvalue weighted by atomic mass is 9.95. The fraction of sp³-hybridized carbons (Fsp3) is 0. The summed E-state index contributed by atoms with van der Waals surface area (Å²) in [6, 6.07) is 63.8. The van der Waals surface area contributed by atoms with Crippen molar-refractivity contribution in [3.8, 4) is 22.3 Å². The maximum atomic E-state index is 2.35. The number of fused-ring (bicyclic) bond motifs is 6. The van der Waals surface area contributed by atoms with Gasteiger partial charge in [0.05, 0.1) is 0 Å². The van der Waals surface area contributed by atoms with Gasteiger partial charge in [-0.3, -0.25) is 0 Å². The van der Waals surface area contributed by atoms with E-state index in [-0.39, 0.29) is 0 Å². The van der Waals surface area contributed by atoms with Crippen LogP contribution in [0, 0.1) is 0 Å². The smallest absolute Gasteiger partial charge is 0.0468 e. The first-order chi connectivity index (χ1) is 22.8. The molecule has 1 nitrogen and oxygen atoms in total. The van der Waals surface area contributed by atoms with Crippen molar-refractivity contribution in [2.45, 2.75) is 0 Å². The molecule has 0 spiro atoms. The number of rotatable bonds is 5. The van der Waals surface area contributed by atoms with E-state index in [4.69, 9.17) is 0 Å². The summed E-state index contributed by atoms with van der Waals surface area (Å²) < 4.78 is 2.68. The molecule has 0 unspecified atom stereocenters. The second kappa shape index (κ2) is 11.0. The molecule has 0 saturated heterocycles.